The number of halogens is 8. The zero-order valence-electron chi connectivity index (χ0n) is 7.18. The molecular formula is C8H2Cl3F5. The van der Waals surface area contributed by atoms with Crippen molar-refractivity contribution in [1.82, 2.24) is 0 Å². The van der Waals surface area contributed by atoms with E-state index in [0.29, 0.717) is 0 Å². The van der Waals surface area contributed by atoms with Crippen LogP contribution >= 0.6 is 34.8 Å². The molecule has 0 amide bonds. The highest BCUT2D eigenvalue weighted by Gasteiger charge is 2.32. The van der Waals surface area contributed by atoms with E-state index >= 15 is 0 Å². The van der Waals surface area contributed by atoms with Crippen molar-refractivity contribution in [2.24, 2.45) is 0 Å². The van der Waals surface area contributed by atoms with Gasteiger partial charge in [-0.2, -0.15) is 0 Å². The van der Waals surface area contributed by atoms with Gasteiger partial charge in [0.05, 0.1) is 10.9 Å². The highest BCUT2D eigenvalue weighted by Crippen LogP contribution is 2.36. The molecule has 0 aromatic heterocycles. The summed E-state index contributed by atoms with van der Waals surface area (Å²) in [4.78, 5) is -1.52. The minimum Gasteiger partial charge on any atom is -0.203 e. The first-order valence-corrected chi connectivity index (χ1v) is 5.03. The van der Waals surface area contributed by atoms with Crippen LogP contribution in [0, 0.1) is 29.1 Å². The lowest BCUT2D eigenvalue weighted by atomic mass is 10.1. The maximum atomic E-state index is 13.1. The third-order valence-corrected chi connectivity index (χ3v) is 2.97. The number of rotatable bonds is 2. The number of hydrogen-bond acceptors (Lipinski definition) is 0. The van der Waals surface area contributed by atoms with Crippen LogP contribution in [0.25, 0.3) is 0 Å². The molecule has 0 aliphatic heterocycles. The van der Waals surface area contributed by atoms with Gasteiger partial charge in [-0.05, 0) is 0 Å². The highest BCUT2D eigenvalue weighted by atomic mass is 35.5. The minimum absolute atomic E-state index is 1.24. The molecule has 1 rings (SSSR count). The van der Waals surface area contributed by atoms with Crippen LogP contribution < -0.4 is 0 Å². The van der Waals surface area contributed by atoms with E-state index in [1.165, 1.54) is 0 Å². The summed E-state index contributed by atoms with van der Waals surface area (Å²) in [6.07, 6.45) is 0. The Morgan fingerprint density at radius 3 is 1.25 bits per heavy atom. The zero-order valence-corrected chi connectivity index (χ0v) is 9.45. The minimum atomic E-state index is -2.26. The van der Waals surface area contributed by atoms with Gasteiger partial charge in [-0.25, -0.2) is 22.0 Å². The SMILES string of the molecule is Fc1c(F)c(F)c(C(Cl)C(Cl)Cl)c(F)c1F. The smallest absolute Gasteiger partial charge is 0.200 e. The summed E-state index contributed by atoms with van der Waals surface area (Å²) >= 11 is 15.8. The number of benzene rings is 1. The predicted molar refractivity (Wildman–Crippen MR) is 50.3 cm³/mol. The molecule has 0 aliphatic rings. The molecule has 8 heteroatoms. The second-order valence-corrected chi connectivity index (χ2v) is 4.35. The van der Waals surface area contributed by atoms with Gasteiger partial charge in [0.15, 0.2) is 23.3 Å². The largest absolute Gasteiger partial charge is 0.203 e. The fourth-order valence-corrected chi connectivity index (χ4v) is 1.43. The van der Waals surface area contributed by atoms with E-state index in [1.54, 1.807) is 0 Å². The molecule has 0 spiro atoms. The maximum absolute atomic E-state index is 13.1. The van der Waals surface area contributed by atoms with Gasteiger partial charge in [0.1, 0.15) is 4.84 Å². The molecule has 0 saturated carbocycles. The van der Waals surface area contributed by atoms with Gasteiger partial charge in [0.25, 0.3) is 0 Å². The lowest BCUT2D eigenvalue weighted by Crippen LogP contribution is -2.12. The normalized spacial score (nSPS) is 13.3. The molecule has 0 saturated heterocycles. The Hall–Kier alpha value is -0.260. The van der Waals surface area contributed by atoms with Gasteiger partial charge in [-0.15, -0.1) is 34.8 Å². The molecule has 0 nitrogen and oxygen atoms in total. The molecule has 0 heterocycles. The summed E-state index contributed by atoms with van der Waals surface area (Å²) in [6, 6.07) is 0. The predicted octanol–water partition coefficient (Wildman–Crippen LogP) is 4.47. The lowest BCUT2D eigenvalue weighted by Gasteiger charge is -2.13. The Morgan fingerprint density at radius 2 is 0.938 bits per heavy atom. The van der Waals surface area contributed by atoms with Crippen LogP contribution in [0.5, 0.6) is 0 Å². The molecule has 0 N–H and O–H groups in total. The number of alkyl halides is 3. The summed E-state index contributed by atoms with van der Waals surface area (Å²) in [6.45, 7) is 0. The summed E-state index contributed by atoms with van der Waals surface area (Å²) in [5.74, 6) is -10.5. The van der Waals surface area contributed by atoms with E-state index < -0.39 is 44.9 Å². The van der Waals surface area contributed by atoms with Crippen LogP contribution in [0.1, 0.15) is 10.9 Å². The van der Waals surface area contributed by atoms with E-state index in [2.05, 4.69) is 0 Å². The van der Waals surface area contributed by atoms with Crippen LogP contribution in [0.3, 0.4) is 0 Å². The van der Waals surface area contributed by atoms with E-state index in [1.807, 2.05) is 0 Å². The standard InChI is InChI=1S/C8H2Cl3F5/c9-2(8(10)11)1-3(12)5(14)7(16)6(15)4(1)13/h2,8H. The van der Waals surface area contributed by atoms with Gasteiger partial charge >= 0.3 is 0 Å². The topological polar surface area (TPSA) is 0 Å². The van der Waals surface area contributed by atoms with Crippen molar-refractivity contribution in [2.45, 2.75) is 10.2 Å². The summed E-state index contributed by atoms with van der Waals surface area (Å²) < 4.78 is 64.2. The van der Waals surface area contributed by atoms with E-state index in [-0.39, 0.29) is 0 Å². The van der Waals surface area contributed by atoms with Crippen molar-refractivity contribution < 1.29 is 22.0 Å². The summed E-state index contributed by atoms with van der Waals surface area (Å²) in [5.41, 5.74) is -1.24. The van der Waals surface area contributed by atoms with Crippen molar-refractivity contribution in [3.63, 3.8) is 0 Å². The Labute approximate surface area is 102 Å². The molecule has 90 valence electrons. The van der Waals surface area contributed by atoms with Crippen LogP contribution in [0.4, 0.5) is 22.0 Å². The zero-order chi connectivity index (χ0) is 12.6. The van der Waals surface area contributed by atoms with E-state index in [0.717, 1.165) is 0 Å². The monoisotopic (exact) mass is 298 g/mol. The lowest BCUT2D eigenvalue weighted by molar-refractivity contribution is 0.369. The third kappa shape index (κ3) is 2.21. The van der Waals surface area contributed by atoms with Crippen LogP contribution in [-0.2, 0) is 0 Å². The first kappa shape index (κ1) is 13.8. The molecule has 0 fully saturated rings. The fourth-order valence-electron chi connectivity index (χ4n) is 0.990. The fraction of sp³-hybridized carbons (Fsp3) is 0.250. The van der Waals surface area contributed by atoms with Crippen molar-refractivity contribution in [2.75, 3.05) is 0 Å². The second kappa shape index (κ2) is 4.94. The first-order chi connectivity index (χ1) is 7.29. The highest BCUT2D eigenvalue weighted by molar-refractivity contribution is 6.48. The van der Waals surface area contributed by atoms with Crippen molar-refractivity contribution in [3.05, 3.63) is 34.6 Å². The molecular weight excluding hydrogens is 297 g/mol. The summed E-state index contributed by atoms with van der Waals surface area (Å²) in [7, 11) is 0. The van der Waals surface area contributed by atoms with Gasteiger partial charge in [0.2, 0.25) is 5.82 Å². The first-order valence-electron chi connectivity index (χ1n) is 3.72. The van der Waals surface area contributed by atoms with Crippen molar-refractivity contribution in [1.29, 1.82) is 0 Å². The Bertz CT molecular complexity index is 392. The Morgan fingerprint density at radius 1 is 0.625 bits per heavy atom. The second-order valence-electron chi connectivity index (χ2n) is 2.72. The van der Waals surface area contributed by atoms with Crippen LogP contribution in [0.15, 0.2) is 0 Å². The van der Waals surface area contributed by atoms with E-state index in [4.69, 9.17) is 34.8 Å². The average Bonchev–Trinajstić information content (AvgIpc) is 2.23. The molecule has 1 aromatic carbocycles. The molecule has 1 aromatic rings. The van der Waals surface area contributed by atoms with Gasteiger partial charge in [-0.1, -0.05) is 0 Å². The molecule has 16 heavy (non-hydrogen) atoms. The van der Waals surface area contributed by atoms with Crippen molar-refractivity contribution in [3.8, 4) is 0 Å². The third-order valence-electron chi connectivity index (χ3n) is 1.74. The van der Waals surface area contributed by atoms with Crippen LogP contribution in [0.2, 0.25) is 0 Å². The average molecular weight is 299 g/mol. The van der Waals surface area contributed by atoms with Crippen molar-refractivity contribution >= 4 is 34.8 Å². The maximum Gasteiger partial charge on any atom is 0.200 e. The molecule has 0 bridgehead atoms. The van der Waals surface area contributed by atoms with Gasteiger partial charge < -0.3 is 0 Å². The van der Waals surface area contributed by atoms with Crippen LogP contribution in [-0.4, -0.2) is 4.84 Å². The Kier molecular flexibility index (Phi) is 4.26. The number of hydrogen-bond donors (Lipinski definition) is 0. The molecule has 1 atom stereocenters. The Balaban J connectivity index is 3.51. The van der Waals surface area contributed by atoms with E-state index in [9.17, 15) is 22.0 Å². The quantitative estimate of drug-likeness (QED) is 0.327. The van der Waals surface area contributed by atoms with Gasteiger partial charge in [-0.3, -0.25) is 0 Å². The summed E-state index contributed by atoms with van der Waals surface area (Å²) in [5, 5.41) is -1.74. The molecule has 0 aliphatic carbocycles. The van der Waals surface area contributed by atoms with Gasteiger partial charge in [0, 0.05) is 0 Å². The molecule has 0 radical (unpaired) electrons. The molecule has 1 unspecified atom stereocenters.